The third-order valence-corrected chi connectivity index (χ3v) is 8.59. The lowest BCUT2D eigenvalue weighted by atomic mass is 9.87. The maximum absolute atomic E-state index is 9.80. The van der Waals surface area contributed by atoms with E-state index >= 15 is 0 Å². The number of aromatic nitrogens is 4. The molecule has 0 radical (unpaired) electrons. The molecule has 3 aromatic rings. The number of likely N-dealkylation sites (tertiary alicyclic amines) is 1. The van der Waals surface area contributed by atoms with Gasteiger partial charge in [0.05, 0.1) is 24.6 Å². The van der Waals surface area contributed by atoms with E-state index in [-0.39, 0.29) is 6.04 Å². The highest BCUT2D eigenvalue weighted by atomic mass is 16.5. The molecule has 9 heteroatoms. The average molecular weight is 521 g/mol. The van der Waals surface area contributed by atoms with E-state index in [1.165, 1.54) is 24.8 Å². The van der Waals surface area contributed by atoms with Gasteiger partial charge in [-0.1, -0.05) is 12.1 Å². The second-order valence-corrected chi connectivity index (χ2v) is 10.9. The van der Waals surface area contributed by atoms with Crippen molar-refractivity contribution in [2.24, 2.45) is 0 Å². The number of nitriles is 1. The van der Waals surface area contributed by atoms with Gasteiger partial charge < -0.3 is 9.64 Å². The van der Waals surface area contributed by atoms with Gasteiger partial charge in [0.15, 0.2) is 0 Å². The molecule has 0 spiro atoms. The third kappa shape index (κ3) is 4.40. The summed E-state index contributed by atoms with van der Waals surface area (Å²) in [5, 5.41) is 14.3. The second-order valence-electron chi connectivity index (χ2n) is 10.9. The number of hydrogen-bond donors (Lipinski definition) is 0. The van der Waals surface area contributed by atoms with E-state index in [1.54, 1.807) is 13.3 Å². The molecule has 0 saturated carbocycles. The summed E-state index contributed by atoms with van der Waals surface area (Å²) in [6, 6.07) is 11.9. The minimum atomic E-state index is 0.177. The van der Waals surface area contributed by atoms with Crippen molar-refractivity contribution in [2.75, 3.05) is 38.2 Å². The van der Waals surface area contributed by atoms with Crippen molar-refractivity contribution in [1.82, 2.24) is 29.5 Å². The Bertz CT molecular complexity index is 1430. The lowest BCUT2D eigenvalue weighted by Crippen LogP contribution is -2.68. The zero-order chi connectivity index (χ0) is 26.3. The highest BCUT2D eigenvalue weighted by Gasteiger charge is 2.44. The van der Waals surface area contributed by atoms with E-state index in [9.17, 15) is 5.26 Å². The van der Waals surface area contributed by atoms with Gasteiger partial charge in [-0.25, -0.2) is 14.6 Å². The molecule has 3 unspecified atom stereocenters. The normalized spacial score (nSPS) is 24.5. The first-order valence-electron chi connectivity index (χ1n) is 13.8. The van der Waals surface area contributed by atoms with Crippen molar-refractivity contribution in [3.8, 4) is 11.9 Å². The molecule has 3 atom stereocenters. The van der Waals surface area contributed by atoms with Gasteiger partial charge >= 0.3 is 0 Å². The maximum Gasteiger partial charge on any atom is 0.212 e. The Morgan fingerprint density at radius 2 is 1.87 bits per heavy atom. The topological polar surface area (TPSA) is 86.3 Å². The molecule has 39 heavy (non-hydrogen) atoms. The predicted octanol–water partition coefficient (Wildman–Crippen LogP) is 3.40. The molecule has 0 N–H and O–H groups in total. The Morgan fingerprint density at radius 3 is 2.56 bits per heavy atom. The molecule has 8 heterocycles. The van der Waals surface area contributed by atoms with E-state index in [1.807, 2.05) is 29.3 Å². The molecule has 2 bridgehead atoms. The van der Waals surface area contributed by atoms with Crippen molar-refractivity contribution in [2.45, 2.75) is 43.9 Å². The van der Waals surface area contributed by atoms with Crippen LogP contribution in [0, 0.1) is 11.3 Å². The fraction of sp³-hybridized carbons (Fsp3) is 0.400. The third-order valence-electron chi connectivity index (χ3n) is 8.59. The minimum Gasteiger partial charge on any atom is -0.481 e. The molecule has 0 aliphatic carbocycles. The standard InChI is InChI=1S/C30H32N8O/c1-39-29-7-4-21(15-33-29)18-37-25-12-26(37)20-36(19-25)28-6-5-22(16-32-28)27-13-24(35-9-2-3-10-35)8-11-38-30(27)23(14-31)17-34-38/h4-8,11,13,15-17,24-26H,2-3,9-10,12,18-20H2,1H3. The Balaban J connectivity index is 1.09. The van der Waals surface area contributed by atoms with Crippen LogP contribution in [-0.4, -0.2) is 81.0 Å². The molecule has 4 fully saturated rings. The van der Waals surface area contributed by atoms with Crippen molar-refractivity contribution in [3.05, 3.63) is 77.4 Å². The number of piperidine rings is 1. The van der Waals surface area contributed by atoms with Crippen LogP contribution in [0.2, 0.25) is 0 Å². The fourth-order valence-electron chi connectivity index (χ4n) is 6.50. The lowest BCUT2D eigenvalue weighted by molar-refractivity contribution is -0.00877. The largest absolute Gasteiger partial charge is 0.481 e. The van der Waals surface area contributed by atoms with Crippen LogP contribution in [0.1, 0.15) is 41.6 Å². The van der Waals surface area contributed by atoms with Crippen molar-refractivity contribution >= 4 is 17.6 Å². The Morgan fingerprint density at radius 1 is 1.03 bits per heavy atom. The van der Waals surface area contributed by atoms with Gasteiger partial charge in [-0.05, 0) is 56.1 Å². The van der Waals surface area contributed by atoms with Crippen LogP contribution >= 0.6 is 0 Å². The van der Waals surface area contributed by atoms with Crippen molar-refractivity contribution < 1.29 is 4.74 Å². The number of ether oxygens (including phenoxy) is 1. The molecule has 198 valence electrons. The number of nitrogens with zero attached hydrogens (tertiary/aromatic N) is 8. The van der Waals surface area contributed by atoms with Crippen LogP contribution in [0.15, 0.2) is 55.0 Å². The number of anilines is 1. The van der Waals surface area contributed by atoms with Gasteiger partial charge in [0.25, 0.3) is 0 Å². The van der Waals surface area contributed by atoms with E-state index < -0.39 is 0 Å². The second kappa shape index (κ2) is 9.95. The molecule has 4 saturated heterocycles. The Kier molecular flexibility index (Phi) is 6.14. The summed E-state index contributed by atoms with van der Waals surface area (Å²) in [6.07, 6.45) is 15.7. The number of pyridine rings is 2. The number of hydrogen-bond acceptors (Lipinski definition) is 8. The van der Waals surface area contributed by atoms with E-state index in [0.29, 0.717) is 23.5 Å². The van der Waals surface area contributed by atoms with Gasteiger partial charge in [-0.2, -0.15) is 10.4 Å². The summed E-state index contributed by atoms with van der Waals surface area (Å²) in [5.74, 6) is 1.66. The van der Waals surface area contributed by atoms with Gasteiger partial charge in [0.2, 0.25) is 5.88 Å². The van der Waals surface area contributed by atoms with Gasteiger partial charge in [0, 0.05) is 73.6 Å². The number of piperazine rings is 1. The van der Waals surface area contributed by atoms with Crippen LogP contribution in [0.25, 0.3) is 11.8 Å². The van der Waals surface area contributed by atoms with Crippen LogP contribution < -0.4 is 9.64 Å². The quantitative estimate of drug-likeness (QED) is 0.489. The lowest BCUT2D eigenvalue weighted by Gasteiger charge is -2.56. The molecule has 3 aromatic heterocycles. The number of fused-ring (bicyclic) bond motifs is 3. The van der Waals surface area contributed by atoms with Crippen LogP contribution in [0.4, 0.5) is 5.82 Å². The van der Waals surface area contributed by atoms with Gasteiger partial charge in [-0.3, -0.25) is 9.80 Å². The van der Waals surface area contributed by atoms with Crippen LogP contribution in [0.3, 0.4) is 0 Å². The first-order chi connectivity index (χ1) is 19.2. The number of methoxy groups -OCH3 is 1. The SMILES string of the molecule is COc1ccc(CN2C3CC2CN(c2ccc(C4=CC(N5CCCC5)C=Cn5ncc(C#N)c54)cn2)C3)cn1. The molecule has 5 aliphatic rings. The molecule has 5 aliphatic heterocycles. The summed E-state index contributed by atoms with van der Waals surface area (Å²) in [4.78, 5) is 16.8. The van der Waals surface area contributed by atoms with Crippen LogP contribution in [-0.2, 0) is 6.54 Å². The van der Waals surface area contributed by atoms with Crippen LogP contribution in [0.5, 0.6) is 5.88 Å². The summed E-state index contributed by atoms with van der Waals surface area (Å²) in [5.41, 5.74) is 4.68. The van der Waals surface area contributed by atoms with Gasteiger partial charge in [0.1, 0.15) is 11.9 Å². The summed E-state index contributed by atoms with van der Waals surface area (Å²) in [7, 11) is 1.64. The zero-order valence-electron chi connectivity index (χ0n) is 22.1. The smallest absolute Gasteiger partial charge is 0.212 e. The monoisotopic (exact) mass is 520 g/mol. The fourth-order valence-corrected chi connectivity index (χ4v) is 6.50. The first kappa shape index (κ1) is 24.1. The van der Waals surface area contributed by atoms with E-state index in [4.69, 9.17) is 9.72 Å². The zero-order valence-corrected chi connectivity index (χ0v) is 22.1. The van der Waals surface area contributed by atoms with E-state index in [0.717, 1.165) is 55.4 Å². The Hall–Kier alpha value is -4.00. The molecule has 8 rings (SSSR count). The predicted molar refractivity (Wildman–Crippen MR) is 149 cm³/mol. The summed E-state index contributed by atoms with van der Waals surface area (Å²) >= 11 is 0. The highest BCUT2D eigenvalue weighted by molar-refractivity contribution is 5.83. The van der Waals surface area contributed by atoms with E-state index in [2.05, 4.69) is 61.2 Å². The molecular weight excluding hydrogens is 488 g/mol. The first-order valence-corrected chi connectivity index (χ1v) is 13.8. The van der Waals surface area contributed by atoms with Crippen molar-refractivity contribution in [1.29, 1.82) is 5.26 Å². The molecular formula is C30H32N8O. The maximum atomic E-state index is 9.80. The minimum absolute atomic E-state index is 0.177. The number of rotatable bonds is 6. The average Bonchev–Trinajstić information content (AvgIpc) is 3.63. The molecule has 0 amide bonds. The highest BCUT2D eigenvalue weighted by Crippen LogP contribution is 2.36. The summed E-state index contributed by atoms with van der Waals surface area (Å²) < 4.78 is 7.03. The Labute approximate surface area is 228 Å². The molecule has 0 aromatic carbocycles. The molecule has 9 nitrogen and oxygen atoms in total. The van der Waals surface area contributed by atoms with Crippen molar-refractivity contribution in [3.63, 3.8) is 0 Å². The summed E-state index contributed by atoms with van der Waals surface area (Å²) in [6.45, 7) is 5.05. The van der Waals surface area contributed by atoms with Gasteiger partial charge in [-0.15, -0.1) is 0 Å².